The van der Waals surface area contributed by atoms with E-state index in [-0.39, 0.29) is 30.3 Å². The summed E-state index contributed by atoms with van der Waals surface area (Å²) in [5.41, 5.74) is 6.84. The number of nitrogens with one attached hydrogen (secondary N) is 1. The van der Waals surface area contributed by atoms with Crippen LogP contribution in [0, 0.1) is 0 Å². The number of phenolic OH excluding ortho intramolecular Hbond substituents is 1. The fourth-order valence-corrected chi connectivity index (χ4v) is 9.94. The lowest BCUT2D eigenvalue weighted by Gasteiger charge is -2.62. The number of ether oxygens (including phenoxy) is 2. The number of aromatic hydroxyl groups is 1. The molecule has 0 amide bonds. The number of aromatic nitrogens is 1. The Bertz CT molecular complexity index is 2060. The molecule has 47 heavy (non-hydrogen) atoms. The standard InChI is InChI=1S/C39H34Cl2N2O3.ClH/c1-2-18-42-19-17-38-34-24-15-16-32(44)36(34)46-37(38)35-28(21-39(38,33(42)20-24)45-23-26-10-4-7-13-30(26)41)27-11-5-8-14-31(27)43(35)22-25-9-3-6-12-29(25)40;/h2-16,33,37,44H,1,17-23H2;1H/t33-,37+,38+,39-;/m1./s1. The molecule has 0 saturated carbocycles. The van der Waals surface area contributed by atoms with E-state index in [9.17, 15) is 5.11 Å². The third kappa shape index (κ3) is 4.17. The topological polar surface area (TPSA) is 48.1 Å². The van der Waals surface area contributed by atoms with Crippen molar-refractivity contribution < 1.29 is 31.9 Å². The molecule has 3 heterocycles. The second kappa shape index (κ2) is 11.3. The Kier molecular flexibility index (Phi) is 7.43. The van der Waals surface area contributed by atoms with Gasteiger partial charge < -0.3 is 36.5 Å². The number of hydrogen-bond donors (Lipinski definition) is 2. The van der Waals surface area contributed by atoms with Crippen LogP contribution in [-0.2, 0) is 36.1 Å². The number of para-hydroxylation sites is 1. The molecule has 4 aliphatic rings. The highest BCUT2D eigenvalue weighted by atomic mass is 35.5. The number of nitrogens with zero attached hydrogens (tertiary/aromatic N) is 1. The van der Waals surface area contributed by atoms with Gasteiger partial charge in [-0.25, -0.2) is 0 Å². The third-order valence-electron chi connectivity index (χ3n) is 11.4. The lowest BCUT2D eigenvalue weighted by Crippen LogP contribution is -3.21. The molecule has 2 N–H and O–H groups in total. The van der Waals surface area contributed by atoms with Gasteiger partial charge in [-0.3, -0.25) is 0 Å². The maximum atomic E-state index is 11.4. The molecule has 4 aromatic carbocycles. The number of phenols is 1. The molecule has 2 bridgehead atoms. The molecule has 8 heteroatoms. The molecule has 1 fully saturated rings. The van der Waals surface area contributed by atoms with Crippen LogP contribution in [0.15, 0.2) is 97.6 Å². The number of fused-ring (bicyclic) bond motifs is 4. The Morgan fingerprint density at radius 3 is 2.47 bits per heavy atom. The van der Waals surface area contributed by atoms with Gasteiger partial charge in [0.05, 0.1) is 30.8 Å². The molecule has 2 aliphatic heterocycles. The fourth-order valence-electron chi connectivity index (χ4n) is 9.56. The van der Waals surface area contributed by atoms with Crippen molar-refractivity contribution in [3.63, 3.8) is 0 Å². The van der Waals surface area contributed by atoms with Crippen LogP contribution < -0.4 is 22.0 Å². The van der Waals surface area contributed by atoms with Crippen molar-refractivity contribution in [3.05, 3.63) is 141 Å². The molecule has 0 radical (unpaired) electrons. The van der Waals surface area contributed by atoms with Crippen molar-refractivity contribution in [2.45, 2.75) is 55.6 Å². The van der Waals surface area contributed by atoms with Crippen LogP contribution in [-0.4, -0.2) is 34.4 Å². The monoisotopic (exact) mass is 684 g/mol. The minimum absolute atomic E-state index is 0. The van der Waals surface area contributed by atoms with E-state index < -0.39 is 11.0 Å². The van der Waals surface area contributed by atoms with Crippen molar-refractivity contribution in [2.24, 2.45) is 0 Å². The summed E-state index contributed by atoms with van der Waals surface area (Å²) >= 11 is 13.5. The SMILES string of the molecule is C=CC[NH+]1CC[C@]23c4c5ccc(O)c4O[C@H]2c2c(c4ccccc4n2Cc2ccccc2Cl)C[C@@]3(OCc2ccccc2Cl)[C@H]1C5.[Cl-]. The summed E-state index contributed by atoms with van der Waals surface area (Å²) in [5.74, 6) is 0.804. The molecule has 5 nitrogen and oxygen atoms in total. The molecule has 1 spiro atoms. The predicted molar refractivity (Wildman–Crippen MR) is 181 cm³/mol. The van der Waals surface area contributed by atoms with E-state index >= 15 is 0 Å². The second-order valence-corrected chi connectivity index (χ2v) is 14.1. The van der Waals surface area contributed by atoms with E-state index in [0.717, 1.165) is 65.3 Å². The van der Waals surface area contributed by atoms with Crippen LogP contribution in [0.3, 0.4) is 0 Å². The average Bonchev–Trinajstić information content (AvgIpc) is 3.57. The highest BCUT2D eigenvalue weighted by Gasteiger charge is 2.76. The van der Waals surface area contributed by atoms with Gasteiger partial charge in [0.25, 0.3) is 0 Å². The largest absolute Gasteiger partial charge is 1.00 e. The first-order valence-electron chi connectivity index (χ1n) is 16.1. The summed E-state index contributed by atoms with van der Waals surface area (Å²) in [6.07, 6.45) is 4.10. The van der Waals surface area contributed by atoms with Crippen LogP contribution in [0.2, 0.25) is 10.0 Å². The molecule has 9 rings (SSSR count). The van der Waals surface area contributed by atoms with Gasteiger partial charge in [0.1, 0.15) is 11.6 Å². The zero-order valence-electron chi connectivity index (χ0n) is 25.8. The van der Waals surface area contributed by atoms with Crippen LogP contribution in [0.1, 0.15) is 46.0 Å². The quantitative estimate of drug-likeness (QED) is 0.255. The van der Waals surface area contributed by atoms with Crippen LogP contribution in [0.5, 0.6) is 11.5 Å². The van der Waals surface area contributed by atoms with E-state index in [4.69, 9.17) is 32.7 Å². The molecular formula is C39H35Cl3N2O3. The third-order valence-corrected chi connectivity index (χ3v) is 12.1. The van der Waals surface area contributed by atoms with Crippen LogP contribution in [0.25, 0.3) is 10.9 Å². The number of halogens is 3. The minimum atomic E-state index is -0.619. The van der Waals surface area contributed by atoms with Crippen molar-refractivity contribution in [1.82, 2.24) is 4.57 Å². The summed E-state index contributed by atoms with van der Waals surface area (Å²) in [5, 5.41) is 14.0. The minimum Gasteiger partial charge on any atom is -1.00 e. The molecule has 1 saturated heterocycles. The summed E-state index contributed by atoms with van der Waals surface area (Å²) < 4.78 is 17.0. The summed E-state index contributed by atoms with van der Waals surface area (Å²) in [4.78, 5) is 1.48. The maximum absolute atomic E-state index is 11.4. The van der Waals surface area contributed by atoms with Gasteiger partial charge in [-0.15, -0.1) is 0 Å². The van der Waals surface area contributed by atoms with Crippen molar-refractivity contribution in [3.8, 4) is 11.5 Å². The Balaban J connectivity index is 0.00000324. The Labute approximate surface area is 290 Å². The Hall–Kier alpha value is -3.45. The van der Waals surface area contributed by atoms with Gasteiger partial charge in [-0.05, 0) is 52.6 Å². The van der Waals surface area contributed by atoms with E-state index in [2.05, 4.69) is 53.6 Å². The van der Waals surface area contributed by atoms with Crippen molar-refractivity contribution in [2.75, 3.05) is 13.1 Å². The first-order valence-corrected chi connectivity index (χ1v) is 16.9. The van der Waals surface area contributed by atoms with Gasteiger partial charge in [0.2, 0.25) is 0 Å². The first-order chi connectivity index (χ1) is 22.5. The highest BCUT2D eigenvalue weighted by molar-refractivity contribution is 6.31. The maximum Gasteiger partial charge on any atom is 0.166 e. The van der Waals surface area contributed by atoms with Gasteiger partial charge in [-0.2, -0.15) is 0 Å². The number of quaternary nitrogens is 1. The molecule has 240 valence electrons. The molecule has 2 aliphatic carbocycles. The lowest BCUT2D eigenvalue weighted by atomic mass is 9.48. The molecule has 5 atom stereocenters. The normalized spacial score (nSPS) is 26.2. The van der Waals surface area contributed by atoms with Crippen LogP contribution >= 0.6 is 23.2 Å². The van der Waals surface area contributed by atoms with Gasteiger partial charge in [0, 0.05) is 52.3 Å². The molecule has 5 aromatic rings. The molecule has 1 unspecified atom stereocenters. The lowest BCUT2D eigenvalue weighted by molar-refractivity contribution is -0.937. The second-order valence-electron chi connectivity index (χ2n) is 13.3. The average molecular weight is 686 g/mol. The van der Waals surface area contributed by atoms with Crippen molar-refractivity contribution >= 4 is 34.1 Å². The number of piperidine rings is 1. The van der Waals surface area contributed by atoms with Gasteiger partial charge >= 0.3 is 0 Å². The smallest absolute Gasteiger partial charge is 0.166 e. The number of rotatable bonds is 7. The molecular weight excluding hydrogens is 651 g/mol. The van der Waals surface area contributed by atoms with E-state index in [1.807, 2.05) is 48.5 Å². The number of benzene rings is 4. The predicted octanol–water partition coefficient (Wildman–Crippen LogP) is 3.99. The Morgan fingerprint density at radius 1 is 0.979 bits per heavy atom. The summed E-state index contributed by atoms with van der Waals surface area (Å²) in [6.45, 7) is 6.97. The van der Waals surface area contributed by atoms with Crippen molar-refractivity contribution in [1.29, 1.82) is 0 Å². The number of hydrogen-bond acceptors (Lipinski definition) is 3. The highest BCUT2D eigenvalue weighted by Crippen LogP contribution is 2.69. The van der Waals surface area contributed by atoms with E-state index in [1.165, 1.54) is 21.4 Å². The summed E-state index contributed by atoms with van der Waals surface area (Å²) in [6, 6.07) is 28.8. The fraction of sp³-hybridized carbons (Fsp3) is 0.282. The first kappa shape index (κ1) is 30.9. The van der Waals surface area contributed by atoms with Crippen LogP contribution in [0.4, 0.5) is 0 Å². The van der Waals surface area contributed by atoms with Gasteiger partial charge in [0.15, 0.2) is 17.6 Å². The summed E-state index contributed by atoms with van der Waals surface area (Å²) in [7, 11) is 0. The van der Waals surface area contributed by atoms with Gasteiger partial charge in [-0.1, -0.05) is 90.4 Å². The zero-order chi connectivity index (χ0) is 31.2. The molecule has 1 aromatic heterocycles. The number of likely N-dealkylation sites (tertiary alicyclic amines) is 1. The zero-order valence-corrected chi connectivity index (χ0v) is 28.1. The van der Waals surface area contributed by atoms with E-state index in [0.29, 0.717) is 23.9 Å². The Morgan fingerprint density at radius 2 is 1.70 bits per heavy atom. The van der Waals surface area contributed by atoms with E-state index in [1.54, 1.807) is 0 Å².